The van der Waals surface area contributed by atoms with Crippen molar-refractivity contribution in [3.8, 4) is 0 Å². The number of H-pyrrole nitrogens is 1. The number of likely N-dealkylation sites (tertiary alicyclic amines) is 1. The Labute approximate surface area is 182 Å². The van der Waals surface area contributed by atoms with Crippen LogP contribution < -0.4 is 10.2 Å². The zero-order valence-corrected chi connectivity index (χ0v) is 17.9. The Bertz CT molecular complexity index is 1120. The molecule has 3 aromatic heterocycles. The van der Waals surface area contributed by atoms with Gasteiger partial charge in [0.05, 0.1) is 12.5 Å². The van der Waals surface area contributed by atoms with E-state index in [9.17, 15) is 9.59 Å². The van der Waals surface area contributed by atoms with Gasteiger partial charge in [0, 0.05) is 43.9 Å². The quantitative estimate of drug-likeness (QED) is 0.587. The van der Waals surface area contributed by atoms with Crippen LogP contribution in [0.3, 0.4) is 0 Å². The van der Waals surface area contributed by atoms with Crippen LogP contribution in [0.2, 0.25) is 0 Å². The van der Waals surface area contributed by atoms with E-state index in [1.807, 2.05) is 17.2 Å². The molecule has 162 valence electrons. The summed E-state index contributed by atoms with van der Waals surface area (Å²) in [6.45, 7) is 1.40. The third-order valence-electron chi connectivity index (χ3n) is 6.24. The standard InChI is InChI=1S/C19H22N8O3S/c1-26(16-13-3-4-20-14(13)21-9-22-16)12-5-10-7-27(8-11(10)6-12)19(29)24-18-23-15(25-31-18)17(28)30-2/h3-4,9-12H,5-8H2,1-2H3,(H,20,21,22)(H,23,24,25,29)/t10-,11+,12+. The Kier molecular flexibility index (Phi) is 4.93. The van der Waals surface area contributed by atoms with Gasteiger partial charge in [0.25, 0.3) is 5.82 Å². The van der Waals surface area contributed by atoms with Gasteiger partial charge in [0.2, 0.25) is 5.13 Å². The number of carbonyl (C=O) groups excluding carboxylic acids is 2. The van der Waals surface area contributed by atoms with Crippen LogP contribution in [0.5, 0.6) is 0 Å². The van der Waals surface area contributed by atoms with Crippen molar-refractivity contribution in [3.05, 3.63) is 24.4 Å². The molecule has 5 rings (SSSR count). The van der Waals surface area contributed by atoms with Crippen molar-refractivity contribution in [2.45, 2.75) is 18.9 Å². The highest BCUT2D eigenvalue weighted by Gasteiger charge is 2.44. The van der Waals surface area contributed by atoms with Gasteiger partial charge in [0.15, 0.2) is 0 Å². The molecule has 0 radical (unpaired) electrons. The van der Waals surface area contributed by atoms with Crippen molar-refractivity contribution in [1.29, 1.82) is 0 Å². The molecule has 1 saturated heterocycles. The van der Waals surface area contributed by atoms with Crippen molar-refractivity contribution < 1.29 is 14.3 Å². The van der Waals surface area contributed by atoms with Gasteiger partial charge in [-0.2, -0.15) is 9.36 Å². The number of carbonyl (C=O) groups is 2. The Hall–Kier alpha value is -3.28. The van der Waals surface area contributed by atoms with Gasteiger partial charge in [-0.1, -0.05) is 0 Å². The van der Waals surface area contributed by atoms with Crippen molar-refractivity contribution >= 4 is 45.5 Å². The number of nitrogens with zero attached hydrogens (tertiary/aromatic N) is 6. The van der Waals surface area contributed by atoms with E-state index in [2.05, 4.69) is 46.3 Å². The van der Waals surface area contributed by atoms with Crippen LogP contribution in [-0.2, 0) is 4.74 Å². The fourth-order valence-electron chi connectivity index (χ4n) is 4.68. The molecule has 0 aromatic carbocycles. The summed E-state index contributed by atoms with van der Waals surface area (Å²) in [5.74, 6) is 1.16. The lowest BCUT2D eigenvalue weighted by Gasteiger charge is -2.27. The second-order valence-electron chi connectivity index (χ2n) is 7.94. The van der Waals surface area contributed by atoms with Gasteiger partial charge in [0.1, 0.15) is 17.8 Å². The highest BCUT2D eigenvalue weighted by atomic mass is 32.1. The number of hydrogen-bond donors (Lipinski definition) is 2. The van der Waals surface area contributed by atoms with Gasteiger partial charge in [-0.25, -0.2) is 19.6 Å². The molecule has 11 nitrogen and oxygen atoms in total. The number of rotatable bonds is 4. The molecule has 0 bridgehead atoms. The molecule has 3 atom stereocenters. The fourth-order valence-corrected chi connectivity index (χ4v) is 5.23. The number of fused-ring (bicyclic) bond motifs is 2. The SMILES string of the molecule is COC(=O)c1nsc(NC(=O)N2C[C@H]3C[C@H](N(C)c4ncnc5[nH]ccc45)C[C@H]3C2)n1. The van der Waals surface area contributed by atoms with Crippen LogP contribution in [-0.4, -0.2) is 74.5 Å². The summed E-state index contributed by atoms with van der Waals surface area (Å²) in [5.41, 5.74) is 0.838. The largest absolute Gasteiger partial charge is 0.463 e. The molecule has 3 aromatic rings. The lowest BCUT2D eigenvalue weighted by Crippen LogP contribution is -2.36. The molecule has 0 unspecified atom stereocenters. The lowest BCUT2D eigenvalue weighted by molar-refractivity contribution is 0.0588. The molecule has 4 heterocycles. The topological polar surface area (TPSA) is 129 Å². The summed E-state index contributed by atoms with van der Waals surface area (Å²) in [5, 5.41) is 4.05. The number of anilines is 2. The number of amides is 2. The first-order valence-corrected chi connectivity index (χ1v) is 10.8. The maximum atomic E-state index is 12.7. The summed E-state index contributed by atoms with van der Waals surface area (Å²) in [6.07, 6.45) is 5.48. The molecular weight excluding hydrogens is 420 g/mol. The molecule has 2 fully saturated rings. The normalized spacial score (nSPS) is 22.5. The maximum absolute atomic E-state index is 12.7. The minimum absolute atomic E-state index is 0.0479. The van der Waals surface area contributed by atoms with Gasteiger partial charge in [-0.3, -0.25) is 5.32 Å². The van der Waals surface area contributed by atoms with E-state index >= 15 is 0 Å². The fraction of sp³-hybridized carbons (Fsp3) is 0.474. The average molecular weight is 443 g/mol. The number of esters is 1. The van der Waals surface area contributed by atoms with E-state index in [0.29, 0.717) is 36.1 Å². The molecule has 1 saturated carbocycles. The number of aromatic nitrogens is 5. The molecule has 0 spiro atoms. The number of urea groups is 1. The number of nitrogens with one attached hydrogen (secondary N) is 2. The second-order valence-corrected chi connectivity index (χ2v) is 8.70. The predicted octanol–water partition coefficient (Wildman–Crippen LogP) is 1.97. The monoisotopic (exact) mass is 442 g/mol. The zero-order chi connectivity index (χ0) is 21.5. The van der Waals surface area contributed by atoms with Gasteiger partial charge >= 0.3 is 12.0 Å². The zero-order valence-electron chi connectivity index (χ0n) is 17.1. The van der Waals surface area contributed by atoms with Gasteiger partial charge in [-0.15, -0.1) is 0 Å². The van der Waals surface area contributed by atoms with Crippen molar-refractivity contribution in [3.63, 3.8) is 0 Å². The molecule has 31 heavy (non-hydrogen) atoms. The Morgan fingerprint density at radius 2 is 2.06 bits per heavy atom. The minimum Gasteiger partial charge on any atom is -0.463 e. The Balaban J connectivity index is 1.20. The van der Waals surface area contributed by atoms with Crippen LogP contribution >= 0.6 is 11.5 Å². The molecule has 1 aliphatic heterocycles. The average Bonchev–Trinajstić information content (AvgIpc) is 3.54. The summed E-state index contributed by atoms with van der Waals surface area (Å²) in [4.78, 5) is 44.1. The Morgan fingerprint density at radius 3 is 2.81 bits per heavy atom. The van der Waals surface area contributed by atoms with E-state index in [4.69, 9.17) is 0 Å². The Morgan fingerprint density at radius 1 is 1.29 bits per heavy atom. The van der Waals surface area contributed by atoms with Crippen LogP contribution in [0.15, 0.2) is 18.6 Å². The van der Waals surface area contributed by atoms with Crippen molar-refractivity contribution in [2.24, 2.45) is 11.8 Å². The van der Waals surface area contributed by atoms with Crippen LogP contribution in [0.1, 0.15) is 23.5 Å². The third-order valence-corrected chi connectivity index (χ3v) is 6.87. The molecule has 2 amide bonds. The van der Waals surface area contributed by atoms with E-state index in [1.54, 1.807) is 6.33 Å². The van der Waals surface area contributed by atoms with Crippen molar-refractivity contribution in [1.82, 2.24) is 29.2 Å². The first-order chi connectivity index (χ1) is 15.0. The number of aromatic amines is 1. The van der Waals surface area contributed by atoms with Gasteiger partial charge < -0.3 is 19.5 Å². The first-order valence-electron chi connectivity index (χ1n) is 10.0. The highest BCUT2D eigenvalue weighted by molar-refractivity contribution is 7.10. The van der Waals surface area contributed by atoms with Crippen LogP contribution in [0, 0.1) is 11.8 Å². The molecule has 2 N–H and O–H groups in total. The summed E-state index contributed by atoms with van der Waals surface area (Å²) in [7, 11) is 3.35. The summed E-state index contributed by atoms with van der Waals surface area (Å²) in [6, 6.07) is 2.16. The predicted molar refractivity (Wildman–Crippen MR) is 114 cm³/mol. The smallest absolute Gasteiger partial charge is 0.377 e. The van der Waals surface area contributed by atoms with E-state index in [1.165, 1.54) is 7.11 Å². The van der Waals surface area contributed by atoms with Gasteiger partial charge in [-0.05, 0) is 30.7 Å². The van der Waals surface area contributed by atoms with E-state index in [0.717, 1.165) is 41.2 Å². The maximum Gasteiger partial charge on any atom is 0.377 e. The van der Waals surface area contributed by atoms with E-state index < -0.39 is 5.97 Å². The molecule has 1 aliphatic carbocycles. The number of hydrogen-bond acceptors (Lipinski definition) is 9. The highest BCUT2D eigenvalue weighted by Crippen LogP contribution is 2.41. The van der Waals surface area contributed by atoms with Crippen LogP contribution in [0.4, 0.5) is 15.7 Å². The summed E-state index contributed by atoms with van der Waals surface area (Å²) >= 11 is 0.963. The lowest BCUT2D eigenvalue weighted by atomic mass is 10.0. The number of methoxy groups -OCH3 is 1. The minimum atomic E-state index is -0.622. The number of ether oxygens (including phenoxy) is 1. The molecule has 12 heteroatoms. The second kappa shape index (κ2) is 7.76. The van der Waals surface area contributed by atoms with E-state index in [-0.39, 0.29) is 11.9 Å². The molecule has 2 aliphatic rings. The molecular formula is C19H22N8O3S. The van der Waals surface area contributed by atoms with Crippen LogP contribution in [0.25, 0.3) is 11.0 Å². The van der Waals surface area contributed by atoms with Crippen molar-refractivity contribution in [2.75, 3.05) is 37.5 Å². The summed E-state index contributed by atoms with van der Waals surface area (Å²) < 4.78 is 8.50. The third kappa shape index (κ3) is 3.56. The first kappa shape index (κ1) is 19.7.